The molecule has 2 aromatic carbocycles. The van der Waals surface area contributed by atoms with Gasteiger partial charge in [-0.1, -0.05) is 73.8 Å². The van der Waals surface area contributed by atoms with E-state index < -0.39 is 0 Å². The Morgan fingerprint density at radius 2 is 0.925 bits per heavy atom. The highest BCUT2D eigenvalue weighted by molar-refractivity contribution is 8.09. The third-order valence-electron chi connectivity index (χ3n) is 6.20. The second kappa shape index (κ2) is 23.1. The van der Waals surface area contributed by atoms with Crippen LogP contribution in [-0.4, -0.2) is 79.5 Å². The van der Waals surface area contributed by atoms with Gasteiger partial charge in [-0.2, -0.15) is 94.1 Å². The van der Waals surface area contributed by atoms with Gasteiger partial charge >= 0.3 is 0 Å². The number of hydrogen-bond acceptors (Lipinski definition) is 8. The van der Waals surface area contributed by atoms with Crippen LogP contribution in [0.5, 0.6) is 0 Å². The van der Waals surface area contributed by atoms with E-state index in [2.05, 4.69) is 132 Å². The van der Waals surface area contributed by atoms with Gasteiger partial charge in [0.25, 0.3) is 0 Å². The highest BCUT2D eigenvalue weighted by Crippen LogP contribution is 2.33. The van der Waals surface area contributed by atoms with Crippen LogP contribution in [0.15, 0.2) is 61.7 Å². The van der Waals surface area contributed by atoms with Crippen LogP contribution in [0.25, 0.3) is 12.2 Å². The minimum Gasteiger partial charge on any atom is -0.160 e. The lowest BCUT2D eigenvalue weighted by Gasteiger charge is -2.27. The first-order valence-electron chi connectivity index (χ1n) is 13.9. The van der Waals surface area contributed by atoms with Crippen LogP contribution in [0, 0.1) is 0 Å². The molecule has 0 spiro atoms. The topological polar surface area (TPSA) is 0 Å². The van der Waals surface area contributed by atoms with E-state index in [1.54, 1.807) is 0 Å². The van der Waals surface area contributed by atoms with Crippen LogP contribution in [0.3, 0.4) is 0 Å². The van der Waals surface area contributed by atoms with E-state index in [-0.39, 0.29) is 0 Å². The van der Waals surface area contributed by atoms with Crippen molar-refractivity contribution in [3.05, 3.63) is 83.9 Å². The molecule has 8 heteroatoms. The van der Waals surface area contributed by atoms with Gasteiger partial charge in [0.1, 0.15) is 0 Å². The molecule has 2 aromatic rings. The molecule has 2 atom stereocenters. The van der Waals surface area contributed by atoms with Crippen LogP contribution in [0.1, 0.15) is 22.3 Å². The third-order valence-corrected chi connectivity index (χ3v) is 17.1. The lowest BCUT2D eigenvalue weighted by molar-refractivity contribution is 1.06. The van der Waals surface area contributed by atoms with Gasteiger partial charge in [0.2, 0.25) is 0 Å². The van der Waals surface area contributed by atoms with Crippen molar-refractivity contribution in [2.45, 2.75) is 22.0 Å². The first kappa shape index (κ1) is 35.2. The number of thioether (sulfide) groups is 8. The quantitative estimate of drug-likeness (QED) is 0.111. The SMILES string of the molecule is C=Cc1ccccc1CSCCSCCSCC1CSC(CSCCSCCSCc2ccccc2C=C)CS1. The van der Waals surface area contributed by atoms with E-state index in [1.807, 2.05) is 35.7 Å². The largest absolute Gasteiger partial charge is 0.160 e. The summed E-state index contributed by atoms with van der Waals surface area (Å²) in [5.74, 6) is 17.7. The zero-order valence-electron chi connectivity index (χ0n) is 23.5. The standard InChI is InChI=1S/C32H44S8/c1-3-27-9-5-7-11-29(27)21-35-17-13-33-15-19-37-23-31-25-40-32(26-39-31)24-38-20-16-34-14-18-36-22-30-12-8-6-10-28(30)4-2/h3-12,31-32H,1-2,13-26H2. The molecule has 1 aliphatic heterocycles. The Bertz CT molecular complexity index is 880. The number of hydrogen-bond donors (Lipinski definition) is 0. The molecule has 1 fully saturated rings. The second-order valence-electron chi connectivity index (χ2n) is 9.20. The molecular weight excluding hydrogens is 641 g/mol. The van der Waals surface area contributed by atoms with Crippen LogP contribution < -0.4 is 0 Å². The van der Waals surface area contributed by atoms with Crippen molar-refractivity contribution in [1.29, 1.82) is 0 Å². The molecule has 220 valence electrons. The fraction of sp³-hybridized carbons (Fsp3) is 0.500. The summed E-state index contributed by atoms with van der Waals surface area (Å²) < 4.78 is 0. The Labute approximate surface area is 278 Å². The Morgan fingerprint density at radius 1 is 0.550 bits per heavy atom. The van der Waals surface area contributed by atoms with Crippen LogP contribution in [-0.2, 0) is 11.5 Å². The molecular formula is C32H44S8. The zero-order chi connectivity index (χ0) is 28.1. The van der Waals surface area contributed by atoms with Crippen molar-refractivity contribution in [2.75, 3.05) is 69.0 Å². The molecule has 0 N–H and O–H groups in total. The molecule has 1 heterocycles. The van der Waals surface area contributed by atoms with Gasteiger partial charge in [0.15, 0.2) is 0 Å². The van der Waals surface area contributed by atoms with E-state index >= 15 is 0 Å². The minimum absolute atomic E-state index is 0.855. The summed E-state index contributed by atoms with van der Waals surface area (Å²) in [4.78, 5) is 0. The first-order chi connectivity index (χ1) is 19.8. The van der Waals surface area contributed by atoms with E-state index in [0.29, 0.717) is 0 Å². The van der Waals surface area contributed by atoms with Gasteiger partial charge < -0.3 is 0 Å². The van der Waals surface area contributed by atoms with Crippen molar-refractivity contribution in [2.24, 2.45) is 0 Å². The molecule has 0 aliphatic carbocycles. The lowest BCUT2D eigenvalue weighted by atomic mass is 10.1. The third kappa shape index (κ3) is 14.9. The minimum atomic E-state index is 0.855. The van der Waals surface area contributed by atoms with Crippen molar-refractivity contribution < 1.29 is 0 Å². The molecule has 0 amide bonds. The summed E-state index contributed by atoms with van der Waals surface area (Å²) in [7, 11) is 0. The molecule has 0 radical (unpaired) electrons. The molecule has 1 saturated heterocycles. The highest BCUT2D eigenvalue weighted by Gasteiger charge is 2.21. The molecule has 3 rings (SSSR count). The van der Waals surface area contributed by atoms with E-state index in [4.69, 9.17) is 0 Å². The molecule has 0 bridgehead atoms. The van der Waals surface area contributed by atoms with Crippen molar-refractivity contribution in [3.63, 3.8) is 0 Å². The number of benzene rings is 2. The average molecular weight is 685 g/mol. The fourth-order valence-electron chi connectivity index (χ4n) is 3.97. The molecule has 0 aromatic heterocycles. The molecule has 1 aliphatic rings. The predicted octanol–water partition coefficient (Wildman–Crippen LogP) is 10.3. The van der Waals surface area contributed by atoms with Crippen molar-refractivity contribution >= 4 is 106 Å². The predicted molar refractivity (Wildman–Crippen MR) is 207 cm³/mol. The van der Waals surface area contributed by atoms with Gasteiger partial charge in [0.05, 0.1) is 0 Å². The summed E-state index contributed by atoms with van der Waals surface area (Å²) in [6, 6.07) is 17.2. The zero-order valence-corrected chi connectivity index (χ0v) is 30.0. The summed E-state index contributed by atoms with van der Waals surface area (Å²) in [5, 5.41) is 1.71. The van der Waals surface area contributed by atoms with Gasteiger partial charge in [-0.15, -0.1) is 0 Å². The smallest absolute Gasteiger partial charge is 0.0229 e. The van der Waals surface area contributed by atoms with Gasteiger partial charge in [0, 0.05) is 91.0 Å². The normalized spacial score (nSPS) is 17.1. The van der Waals surface area contributed by atoms with Crippen LogP contribution in [0.4, 0.5) is 0 Å². The van der Waals surface area contributed by atoms with Crippen LogP contribution >= 0.6 is 94.1 Å². The first-order valence-corrected chi connectivity index (χ1v) is 22.9. The highest BCUT2D eigenvalue weighted by atomic mass is 32.2. The Balaban J connectivity index is 1.06. The molecule has 40 heavy (non-hydrogen) atoms. The maximum absolute atomic E-state index is 3.93. The van der Waals surface area contributed by atoms with Crippen molar-refractivity contribution in [3.8, 4) is 0 Å². The summed E-state index contributed by atoms with van der Waals surface area (Å²) in [6.07, 6.45) is 3.94. The van der Waals surface area contributed by atoms with Gasteiger partial charge in [-0.05, 0) is 22.3 Å². The Morgan fingerprint density at radius 3 is 1.32 bits per heavy atom. The maximum Gasteiger partial charge on any atom is 0.0229 e. The second-order valence-corrected chi connectivity index (χ2v) is 18.8. The summed E-state index contributed by atoms with van der Waals surface area (Å²) >= 11 is 17.2. The van der Waals surface area contributed by atoms with Gasteiger partial charge in [-0.3, -0.25) is 0 Å². The van der Waals surface area contributed by atoms with E-state index in [1.165, 1.54) is 91.3 Å². The summed E-state index contributed by atoms with van der Waals surface area (Å²) in [6.45, 7) is 7.86. The molecule has 0 saturated carbocycles. The lowest BCUT2D eigenvalue weighted by Crippen LogP contribution is -2.25. The van der Waals surface area contributed by atoms with Crippen LogP contribution in [0.2, 0.25) is 0 Å². The van der Waals surface area contributed by atoms with E-state index in [9.17, 15) is 0 Å². The molecule has 2 unspecified atom stereocenters. The summed E-state index contributed by atoms with van der Waals surface area (Å²) in [5.41, 5.74) is 5.38. The molecule has 0 nitrogen and oxygen atoms in total. The maximum atomic E-state index is 3.93. The number of rotatable bonds is 22. The van der Waals surface area contributed by atoms with Crippen molar-refractivity contribution in [1.82, 2.24) is 0 Å². The van der Waals surface area contributed by atoms with Gasteiger partial charge in [-0.25, -0.2) is 0 Å². The average Bonchev–Trinajstić information content (AvgIpc) is 3.00. The fourth-order valence-corrected chi connectivity index (χ4v) is 14.6. The van der Waals surface area contributed by atoms with E-state index in [0.717, 1.165) is 22.0 Å². The monoisotopic (exact) mass is 684 g/mol. The Hall–Kier alpha value is 0.720. The Kier molecular flexibility index (Phi) is 20.4.